The molecule has 3 N–H and O–H groups in total. The standard InChI is InChI=1S/C17H18O3S2.C16H16O2S2.2CH4/c1-21-14-7-3-12(4-8-14)16(19)17(20,11-18)13-5-9-15(22-2)10-6-13;1-19-13-7-3-11(4-8-13)15(17)16(18)12-5-9-14(20-2)10-6-12;;/h3-10,18,20H,11H2,1-2H3;3-10,15,17H,1-2H3;2*1H4. The SMILES string of the molecule is C.C.CSc1ccc(C(=O)C(O)(CO)c2ccc(SC)cc2)cc1.CSc1ccc(C(=O)C(O)c2ccc(SC)cc2)cc1. The summed E-state index contributed by atoms with van der Waals surface area (Å²) >= 11 is 6.40. The lowest BCUT2D eigenvalue weighted by Gasteiger charge is -2.25. The molecule has 4 aromatic rings. The minimum Gasteiger partial charge on any atom is -0.393 e. The molecule has 0 aromatic heterocycles. The summed E-state index contributed by atoms with van der Waals surface area (Å²) in [5.74, 6) is -0.769. The molecule has 0 spiro atoms. The number of carbonyl (C=O) groups is 2. The largest absolute Gasteiger partial charge is 0.393 e. The zero-order valence-corrected chi connectivity index (χ0v) is 27.1. The maximum absolute atomic E-state index is 12.6. The predicted molar refractivity (Wildman–Crippen MR) is 191 cm³/mol. The Morgan fingerprint density at radius 3 is 1.32 bits per heavy atom. The van der Waals surface area contributed by atoms with Crippen LogP contribution in [0.25, 0.3) is 0 Å². The first-order valence-corrected chi connectivity index (χ1v) is 17.8. The molecule has 4 rings (SSSR count). The number of hydrogen-bond donors (Lipinski definition) is 3. The van der Waals surface area contributed by atoms with Crippen LogP contribution >= 0.6 is 47.0 Å². The Morgan fingerprint density at radius 2 is 0.955 bits per heavy atom. The van der Waals surface area contributed by atoms with E-state index in [0.717, 1.165) is 19.6 Å². The van der Waals surface area contributed by atoms with Crippen LogP contribution in [-0.4, -0.2) is 58.5 Å². The van der Waals surface area contributed by atoms with E-state index in [1.807, 2.05) is 73.6 Å². The summed E-state index contributed by atoms with van der Waals surface area (Å²) in [6, 6.07) is 28.7. The van der Waals surface area contributed by atoms with E-state index in [-0.39, 0.29) is 20.6 Å². The van der Waals surface area contributed by atoms with Crippen molar-refractivity contribution in [1.29, 1.82) is 0 Å². The van der Waals surface area contributed by atoms with Gasteiger partial charge in [-0.05, 0) is 84.7 Å². The predicted octanol–water partition coefficient (Wildman–Crippen LogP) is 8.51. The van der Waals surface area contributed by atoms with Crippen molar-refractivity contribution in [3.63, 3.8) is 0 Å². The fourth-order valence-electron chi connectivity index (χ4n) is 3.99. The minimum atomic E-state index is -1.92. The highest BCUT2D eigenvalue weighted by Gasteiger charge is 2.37. The first-order valence-electron chi connectivity index (χ1n) is 12.9. The molecule has 0 heterocycles. The smallest absolute Gasteiger partial charge is 0.201 e. The molecule has 0 saturated carbocycles. The maximum Gasteiger partial charge on any atom is 0.201 e. The minimum absolute atomic E-state index is 0. The van der Waals surface area contributed by atoms with E-state index in [1.165, 1.54) is 0 Å². The van der Waals surface area contributed by atoms with Gasteiger partial charge >= 0.3 is 0 Å². The van der Waals surface area contributed by atoms with Gasteiger partial charge < -0.3 is 15.3 Å². The summed E-state index contributed by atoms with van der Waals surface area (Å²) in [6.45, 7) is -0.658. The number of thioether (sulfide) groups is 4. The lowest BCUT2D eigenvalue weighted by atomic mass is 9.86. The van der Waals surface area contributed by atoms with Crippen LogP contribution in [0.15, 0.2) is 117 Å². The van der Waals surface area contributed by atoms with Crippen molar-refractivity contribution in [2.24, 2.45) is 0 Å². The van der Waals surface area contributed by atoms with E-state index >= 15 is 0 Å². The third-order valence-electron chi connectivity index (χ3n) is 6.58. The zero-order valence-electron chi connectivity index (χ0n) is 23.8. The van der Waals surface area contributed by atoms with Gasteiger partial charge in [-0.15, -0.1) is 47.0 Å². The highest BCUT2D eigenvalue weighted by atomic mass is 32.2. The molecule has 0 aliphatic heterocycles. The molecule has 2 atom stereocenters. The van der Waals surface area contributed by atoms with Gasteiger partial charge in [-0.2, -0.15) is 0 Å². The van der Waals surface area contributed by atoms with Gasteiger partial charge in [0.05, 0.1) is 6.61 Å². The number of rotatable bonds is 11. The van der Waals surface area contributed by atoms with Crippen LogP contribution in [0.3, 0.4) is 0 Å². The van der Waals surface area contributed by atoms with Crippen LogP contribution in [0.1, 0.15) is 52.8 Å². The highest BCUT2D eigenvalue weighted by Crippen LogP contribution is 2.28. The Balaban J connectivity index is 0.000000422. The second-order valence-electron chi connectivity index (χ2n) is 9.07. The molecule has 0 fully saturated rings. The van der Waals surface area contributed by atoms with Crippen molar-refractivity contribution in [1.82, 2.24) is 0 Å². The van der Waals surface area contributed by atoms with Crippen LogP contribution in [0.2, 0.25) is 0 Å². The van der Waals surface area contributed by atoms with Gasteiger partial charge in [0.2, 0.25) is 5.78 Å². The average molecular weight is 671 g/mol. The maximum atomic E-state index is 12.6. The lowest BCUT2D eigenvalue weighted by molar-refractivity contribution is -0.00403. The van der Waals surface area contributed by atoms with E-state index in [0.29, 0.717) is 22.3 Å². The third-order valence-corrected chi connectivity index (χ3v) is 9.55. The van der Waals surface area contributed by atoms with Crippen molar-refractivity contribution in [2.75, 3.05) is 31.6 Å². The van der Waals surface area contributed by atoms with Crippen LogP contribution in [-0.2, 0) is 5.60 Å². The Morgan fingerprint density at radius 1 is 0.614 bits per heavy atom. The lowest BCUT2D eigenvalue weighted by Crippen LogP contribution is -2.39. The van der Waals surface area contributed by atoms with Crippen molar-refractivity contribution in [3.8, 4) is 0 Å². The van der Waals surface area contributed by atoms with E-state index in [2.05, 4.69) is 0 Å². The molecule has 9 heteroatoms. The molecule has 0 aliphatic rings. The molecule has 4 aromatic carbocycles. The summed E-state index contributed by atoms with van der Waals surface area (Å²) in [5, 5.41) is 30.5. The molecule has 236 valence electrons. The molecular formula is C35H42O5S4. The van der Waals surface area contributed by atoms with Crippen molar-refractivity contribution in [2.45, 2.75) is 46.1 Å². The first kappa shape index (κ1) is 39.5. The van der Waals surface area contributed by atoms with E-state index in [4.69, 9.17) is 0 Å². The Kier molecular flexibility index (Phi) is 17.2. The molecule has 0 bridgehead atoms. The summed E-state index contributed by atoms with van der Waals surface area (Å²) in [6.07, 6.45) is 6.77. The summed E-state index contributed by atoms with van der Waals surface area (Å²) in [7, 11) is 0. The molecule has 2 unspecified atom stereocenters. The Labute approximate surface area is 279 Å². The van der Waals surface area contributed by atoms with E-state index in [1.54, 1.807) is 95.6 Å². The molecule has 0 aliphatic carbocycles. The average Bonchev–Trinajstić information content (AvgIpc) is 3.07. The van der Waals surface area contributed by atoms with Gasteiger partial charge in [-0.25, -0.2) is 0 Å². The van der Waals surface area contributed by atoms with Gasteiger partial charge in [-0.1, -0.05) is 63.4 Å². The van der Waals surface area contributed by atoms with E-state index in [9.17, 15) is 24.9 Å². The fraction of sp³-hybridized carbons (Fsp3) is 0.257. The van der Waals surface area contributed by atoms with Crippen LogP contribution in [0.4, 0.5) is 0 Å². The molecule has 0 radical (unpaired) electrons. The molecule has 5 nitrogen and oxygen atoms in total. The summed E-state index contributed by atoms with van der Waals surface area (Å²) in [5.41, 5.74) is 0.0127. The first-order chi connectivity index (χ1) is 20.2. The fourth-order valence-corrected chi connectivity index (χ4v) is 5.63. The number of benzene rings is 4. The van der Waals surface area contributed by atoms with Crippen LogP contribution < -0.4 is 0 Å². The van der Waals surface area contributed by atoms with Gasteiger partial charge in [0.25, 0.3) is 0 Å². The van der Waals surface area contributed by atoms with Gasteiger partial charge in [-0.3, -0.25) is 9.59 Å². The number of aliphatic hydroxyl groups is 3. The van der Waals surface area contributed by atoms with Crippen molar-refractivity contribution in [3.05, 3.63) is 119 Å². The Hall–Kier alpha value is -2.50. The topological polar surface area (TPSA) is 94.8 Å². The van der Waals surface area contributed by atoms with Crippen molar-refractivity contribution >= 4 is 58.6 Å². The van der Waals surface area contributed by atoms with Crippen LogP contribution in [0.5, 0.6) is 0 Å². The quantitative estimate of drug-likeness (QED) is 0.107. The van der Waals surface area contributed by atoms with Gasteiger partial charge in [0.15, 0.2) is 11.4 Å². The second-order valence-corrected chi connectivity index (χ2v) is 12.6. The Bertz CT molecular complexity index is 1440. The van der Waals surface area contributed by atoms with Gasteiger partial charge in [0, 0.05) is 30.7 Å². The number of Topliss-reactive ketones (excluding diaryl/α,β-unsaturated/α-hetero) is 2. The third kappa shape index (κ3) is 10.0. The van der Waals surface area contributed by atoms with E-state index < -0.39 is 24.1 Å². The number of aliphatic hydroxyl groups excluding tert-OH is 2. The normalized spacial score (nSPS) is 12.3. The highest BCUT2D eigenvalue weighted by molar-refractivity contribution is 7.99. The second kappa shape index (κ2) is 19.1. The summed E-state index contributed by atoms with van der Waals surface area (Å²) in [4.78, 5) is 29.1. The monoisotopic (exact) mass is 670 g/mol. The van der Waals surface area contributed by atoms with Crippen LogP contribution in [0, 0.1) is 0 Å². The number of ketones is 2. The van der Waals surface area contributed by atoms with Gasteiger partial charge in [0.1, 0.15) is 6.10 Å². The number of carbonyl (C=O) groups excluding carboxylic acids is 2. The van der Waals surface area contributed by atoms with Crippen molar-refractivity contribution < 1.29 is 24.9 Å². The zero-order chi connectivity index (χ0) is 30.7. The molecule has 0 amide bonds. The molecular weight excluding hydrogens is 629 g/mol. The summed E-state index contributed by atoms with van der Waals surface area (Å²) < 4.78 is 0. The molecule has 44 heavy (non-hydrogen) atoms. The molecule has 0 saturated heterocycles. The number of hydrogen-bond acceptors (Lipinski definition) is 9.